The van der Waals surface area contributed by atoms with Crippen molar-refractivity contribution in [3.8, 4) is 0 Å². The smallest absolute Gasteiger partial charge is 0.261 e. The fraction of sp³-hybridized carbons (Fsp3) is 0.623. The van der Waals surface area contributed by atoms with Gasteiger partial charge in [-0.15, -0.1) is 0 Å². The normalized spacial score (nSPS) is 13.2. The number of imide groups is 2. The molecule has 0 atom stereocenters. The average Bonchev–Trinajstić information content (AvgIpc) is 3.55. The van der Waals surface area contributed by atoms with E-state index in [4.69, 9.17) is 0 Å². The van der Waals surface area contributed by atoms with Gasteiger partial charge in [-0.05, 0) is 97.2 Å². The number of hydrogen-bond donors (Lipinski definition) is 1. The van der Waals surface area contributed by atoms with Gasteiger partial charge in [-0.1, -0.05) is 207 Å². The summed E-state index contributed by atoms with van der Waals surface area (Å²) >= 11 is 0. The van der Waals surface area contributed by atoms with Crippen molar-refractivity contribution in [3.05, 3.63) is 111 Å². The van der Waals surface area contributed by atoms with Crippen molar-refractivity contribution in [1.29, 1.82) is 0 Å². The Balaban J connectivity index is 1.13. The summed E-state index contributed by atoms with van der Waals surface area (Å²) in [6.07, 6.45) is 47.9. The second-order valence-corrected chi connectivity index (χ2v) is 23.2. The standard InChI is InChI=1S/C69H100N4O5/c1-5-9-13-16-19-22-25-28-31-34-37-55-51-57(52-56(38-35-32-29-26-23-20-17-14-10-6-2)58(55)39-36-33-30-27-24-21-18-15-11-7-3)65(74)70-46-50-72-66(75)59-40-42-61-64-62(43-41-60(63(59)64)67(72)76)69(78)73(68(61)77)53-54-44-48-71(49-45-54)47-12-8-4/h40-45,48-49,51-52H,5-39,46-47,50,53H2,1-4H3/p+1. The molecule has 5 amide bonds. The molecule has 4 aromatic rings. The lowest BCUT2D eigenvalue weighted by molar-refractivity contribution is -0.697. The zero-order valence-electron chi connectivity index (χ0n) is 49.2. The highest BCUT2D eigenvalue weighted by molar-refractivity contribution is 6.33. The topological polar surface area (TPSA) is 108 Å². The quantitative estimate of drug-likeness (QED) is 0.0270. The highest BCUT2D eigenvalue weighted by Crippen LogP contribution is 2.38. The number of amides is 5. The van der Waals surface area contributed by atoms with Crippen LogP contribution in [0.5, 0.6) is 0 Å². The van der Waals surface area contributed by atoms with E-state index in [2.05, 4.69) is 49.7 Å². The number of pyridine rings is 1. The second kappa shape index (κ2) is 34.7. The summed E-state index contributed by atoms with van der Waals surface area (Å²) in [5, 5.41) is 3.82. The molecule has 2 aliphatic rings. The summed E-state index contributed by atoms with van der Waals surface area (Å²) < 4.78 is 2.10. The number of benzene rings is 3. The SMILES string of the molecule is CCCCCCCCCCCCc1cc(C(=O)NCCN2C(=O)c3ccc4c5c(ccc(c35)C2=O)C(=O)N(Cc2cc[n+](CCCC)cc2)C4=O)cc(CCCCCCCCCCCC)c1CCCCCCCCCCCC. The molecule has 0 fully saturated rings. The minimum Gasteiger partial charge on any atom is -0.350 e. The van der Waals surface area contributed by atoms with E-state index in [1.54, 1.807) is 24.3 Å². The van der Waals surface area contributed by atoms with Crippen LogP contribution in [0.25, 0.3) is 10.8 Å². The van der Waals surface area contributed by atoms with Crippen LogP contribution < -0.4 is 9.88 Å². The van der Waals surface area contributed by atoms with Crippen LogP contribution in [0.15, 0.2) is 60.9 Å². The van der Waals surface area contributed by atoms with Crippen LogP contribution in [0, 0.1) is 0 Å². The monoisotopic (exact) mass is 1070 g/mol. The Morgan fingerprint density at radius 2 is 0.769 bits per heavy atom. The van der Waals surface area contributed by atoms with Gasteiger partial charge in [0.2, 0.25) is 0 Å². The average molecular weight is 1070 g/mol. The summed E-state index contributed by atoms with van der Waals surface area (Å²) in [7, 11) is 0. The molecular formula is C69H101N4O5+. The number of aryl methyl sites for hydroxylation is 3. The number of hydrogen-bond acceptors (Lipinski definition) is 5. The van der Waals surface area contributed by atoms with Crippen LogP contribution in [0.3, 0.4) is 0 Å². The summed E-state index contributed by atoms with van der Waals surface area (Å²) in [6, 6.07) is 14.7. The first-order chi connectivity index (χ1) is 38.2. The second-order valence-electron chi connectivity index (χ2n) is 23.2. The molecule has 0 spiro atoms. The minimum atomic E-state index is -0.498. The van der Waals surface area contributed by atoms with Gasteiger partial charge in [0.1, 0.15) is 6.54 Å². The third kappa shape index (κ3) is 18.4. The van der Waals surface area contributed by atoms with Crippen LogP contribution in [-0.2, 0) is 32.4 Å². The lowest BCUT2D eigenvalue weighted by atomic mass is 9.86. The number of rotatable bonds is 42. The van der Waals surface area contributed by atoms with E-state index in [9.17, 15) is 24.0 Å². The van der Waals surface area contributed by atoms with Gasteiger partial charge in [0.05, 0.1) is 6.54 Å². The molecule has 1 aromatic heterocycles. The van der Waals surface area contributed by atoms with E-state index in [0.717, 1.165) is 57.1 Å². The summed E-state index contributed by atoms with van der Waals surface area (Å²) in [5.74, 6) is -2.08. The fourth-order valence-electron chi connectivity index (χ4n) is 12.1. The molecule has 0 saturated carbocycles. The van der Waals surface area contributed by atoms with Crippen LogP contribution in [0.4, 0.5) is 0 Å². The Morgan fingerprint density at radius 3 is 1.15 bits per heavy atom. The maximum Gasteiger partial charge on any atom is 0.261 e. The summed E-state index contributed by atoms with van der Waals surface area (Å²) in [5.41, 5.74) is 6.78. The molecule has 1 N–H and O–H groups in total. The van der Waals surface area contributed by atoms with E-state index >= 15 is 0 Å². The first kappa shape index (κ1) is 62.0. The lowest BCUT2D eigenvalue weighted by Crippen LogP contribution is -2.45. The Bertz CT molecular complexity index is 2400. The number of carbonyl (C=O) groups excluding carboxylic acids is 5. The van der Waals surface area contributed by atoms with Crippen molar-refractivity contribution in [3.63, 3.8) is 0 Å². The maximum absolute atomic E-state index is 14.3. The van der Waals surface area contributed by atoms with Gasteiger partial charge in [0.15, 0.2) is 12.4 Å². The Kier molecular flexibility index (Phi) is 27.6. The highest BCUT2D eigenvalue weighted by atomic mass is 16.2. The Labute approximate surface area is 471 Å². The molecule has 0 bridgehead atoms. The van der Waals surface area contributed by atoms with E-state index in [1.165, 1.54) is 206 Å². The van der Waals surface area contributed by atoms with Gasteiger partial charge in [0.25, 0.3) is 29.5 Å². The predicted octanol–water partition coefficient (Wildman–Crippen LogP) is 17.1. The van der Waals surface area contributed by atoms with Crippen molar-refractivity contribution in [2.24, 2.45) is 0 Å². The summed E-state index contributed by atoms with van der Waals surface area (Å²) in [6.45, 7) is 10.1. The van der Waals surface area contributed by atoms with Gasteiger partial charge >= 0.3 is 0 Å². The minimum absolute atomic E-state index is 0.0112. The summed E-state index contributed by atoms with van der Waals surface area (Å²) in [4.78, 5) is 73.4. The fourth-order valence-corrected chi connectivity index (χ4v) is 12.1. The van der Waals surface area contributed by atoms with Crippen molar-refractivity contribution >= 4 is 40.3 Å². The first-order valence-corrected chi connectivity index (χ1v) is 31.9. The lowest BCUT2D eigenvalue weighted by Gasteiger charge is -2.32. The van der Waals surface area contributed by atoms with Crippen molar-refractivity contribution in [2.45, 2.75) is 266 Å². The maximum atomic E-state index is 14.3. The van der Waals surface area contributed by atoms with E-state index in [0.29, 0.717) is 27.5 Å². The van der Waals surface area contributed by atoms with Gasteiger partial charge in [0, 0.05) is 70.2 Å². The molecule has 3 heterocycles. The first-order valence-electron chi connectivity index (χ1n) is 31.9. The number of nitrogens with zero attached hydrogens (tertiary/aromatic N) is 3. The molecule has 78 heavy (non-hydrogen) atoms. The predicted molar refractivity (Wildman–Crippen MR) is 320 cm³/mol. The molecule has 6 rings (SSSR count). The van der Waals surface area contributed by atoms with Gasteiger partial charge in [-0.3, -0.25) is 33.8 Å². The van der Waals surface area contributed by atoms with Crippen LogP contribution in [0.2, 0.25) is 0 Å². The van der Waals surface area contributed by atoms with Gasteiger partial charge in [-0.2, -0.15) is 0 Å². The molecule has 9 heteroatoms. The largest absolute Gasteiger partial charge is 0.350 e. The third-order valence-corrected chi connectivity index (χ3v) is 16.8. The molecular weight excluding hydrogens is 965 g/mol. The van der Waals surface area contributed by atoms with Crippen molar-refractivity contribution < 1.29 is 28.5 Å². The molecule has 0 saturated heterocycles. The van der Waals surface area contributed by atoms with Gasteiger partial charge in [-0.25, -0.2) is 4.57 Å². The van der Waals surface area contributed by atoms with Crippen LogP contribution in [-0.4, -0.2) is 52.4 Å². The van der Waals surface area contributed by atoms with E-state index in [1.807, 2.05) is 24.5 Å². The third-order valence-electron chi connectivity index (χ3n) is 16.8. The van der Waals surface area contributed by atoms with Crippen molar-refractivity contribution in [1.82, 2.24) is 15.1 Å². The van der Waals surface area contributed by atoms with E-state index < -0.39 is 23.6 Å². The molecule has 9 nitrogen and oxygen atoms in total. The molecule has 0 aliphatic carbocycles. The highest BCUT2D eigenvalue weighted by Gasteiger charge is 2.39. The zero-order chi connectivity index (χ0) is 55.3. The van der Waals surface area contributed by atoms with Crippen LogP contribution >= 0.6 is 0 Å². The Hall–Kier alpha value is -5.18. The van der Waals surface area contributed by atoms with Crippen LogP contribution in [0.1, 0.15) is 307 Å². The molecule has 0 unspecified atom stereocenters. The van der Waals surface area contributed by atoms with Crippen molar-refractivity contribution in [2.75, 3.05) is 13.1 Å². The van der Waals surface area contributed by atoms with E-state index in [-0.39, 0.29) is 36.7 Å². The molecule has 426 valence electrons. The molecule has 3 aromatic carbocycles. The number of unbranched alkanes of at least 4 members (excludes halogenated alkanes) is 28. The zero-order valence-corrected chi connectivity index (χ0v) is 49.2. The number of nitrogens with one attached hydrogen (secondary N) is 1. The number of carbonyl (C=O) groups is 5. The molecule has 2 aliphatic heterocycles. The Morgan fingerprint density at radius 1 is 0.423 bits per heavy atom. The van der Waals surface area contributed by atoms with Gasteiger partial charge < -0.3 is 5.32 Å². The molecule has 0 radical (unpaired) electrons. The number of aromatic nitrogens is 1.